The van der Waals surface area contributed by atoms with Crippen LogP contribution in [0.3, 0.4) is 0 Å². The van der Waals surface area contributed by atoms with Crippen molar-refractivity contribution in [3.8, 4) is 5.75 Å². The highest BCUT2D eigenvalue weighted by molar-refractivity contribution is 6.14. The minimum Gasteiger partial charge on any atom is -0.496 e. The fourth-order valence-corrected chi connectivity index (χ4v) is 2.08. The molecule has 1 aromatic carbocycles. The first-order chi connectivity index (χ1) is 9.55. The third-order valence-electron chi connectivity index (χ3n) is 3.25. The lowest BCUT2D eigenvalue weighted by Crippen LogP contribution is -2.27. The molecule has 0 aromatic heterocycles. The first kappa shape index (κ1) is 14.3. The van der Waals surface area contributed by atoms with Gasteiger partial charge in [-0.25, -0.2) is 4.99 Å². The van der Waals surface area contributed by atoms with Gasteiger partial charge in [-0.1, -0.05) is 26.8 Å². The van der Waals surface area contributed by atoms with Crippen molar-refractivity contribution in [1.82, 2.24) is 5.32 Å². The number of aliphatic imine (C=N–C) groups is 1. The van der Waals surface area contributed by atoms with Crippen molar-refractivity contribution in [3.63, 3.8) is 0 Å². The Morgan fingerprint density at radius 1 is 1.40 bits per heavy atom. The fraction of sp³-hybridized carbons (Fsp3) is 0.375. The summed E-state index contributed by atoms with van der Waals surface area (Å²) < 4.78 is 5.30. The zero-order chi connectivity index (χ0) is 14.7. The van der Waals surface area contributed by atoms with E-state index in [1.54, 1.807) is 7.11 Å². The van der Waals surface area contributed by atoms with Crippen LogP contribution >= 0.6 is 0 Å². The van der Waals surface area contributed by atoms with E-state index in [9.17, 15) is 4.79 Å². The van der Waals surface area contributed by atoms with Gasteiger partial charge in [-0.05, 0) is 35.8 Å². The number of amides is 1. The maximum absolute atomic E-state index is 11.9. The number of carbonyl (C=O) groups is 1. The van der Waals surface area contributed by atoms with E-state index in [1.165, 1.54) is 0 Å². The molecule has 0 saturated heterocycles. The molecule has 0 fully saturated rings. The van der Waals surface area contributed by atoms with Crippen LogP contribution in [0.15, 0.2) is 28.9 Å². The summed E-state index contributed by atoms with van der Waals surface area (Å²) in [6, 6.07) is 5.88. The highest BCUT2D eigenvalue weighted by Crippen LogP contribution is 2.22. The summed E-state index contributed by atoms with van der Waals surface area (Å²) >= 11 is 0. The second-order valence-electron chi connectivity index (χ2n) is 5.06. The fourth-order valence-electron chi connectivity index (χ4n) is 2.08. The van der Waals surface area contributed by atoms with E-state index in [-0.39, 0.29) is 11.8 Å². The van der Waals surface area contributed by atoms with Crippen molar-refractivity contribution >= 4 is 17.8 Å². The van der Waals surface area contributed by atoms with Crippen LogP contribution in [0.25, 0.3) is 6.08 Å². The first-order valence-corrected chi connectivity index (χ1v) is 6.83. The second kappa shape index (κ2) is 5.90. The summed E-state index contributed by atoms with van der Waals surface area (Å²) in [6.45, 7) is 6.08. The number of benzene rings is 1. The predicted molar refractivity (Wildman–Crippen MR) is 80.8 cm³/mol. The van der Waals surface area contributed by atoms with Crippen LogP contribution in [0, 0.1) is 5.92 Å². The van der Waals surface area contributed by atoms with E-state index in [2.05, 4.69) is 17.2 Å². The van der Waals surface area contributed by atoms with E-state index in [0.717, 1.165) is 29.1 Å². The number of amidine groups is 1. The minimum absolute atomic E-state index is 0.137. The number of hydrogen-bond donors (Lipinski definition) is 1. The molecule has 1 N–H and O–H groups in total. The molecule has 0 aliphatic carbocycles. The molecule has 1 aliphatic heterocycles. The highest BCUT2D eigenvalue weighted by Gasteiger charge is 2.21. The number of hydrogen-bond acceptors (Lipinski definition) is 3. The van der Waals surface area contributed by atoms with Gasteiger partial charge in [0, 0.05) is 5.92 Å². The molecule has 1 aliphatic rings. The van der Waals surface area contributed by atoms with E-state index < -0.39 is 0 Å². The summed E-state index contributed by atoms with van der Waals surface area (Å²) in [4.78, 5) is 16.2. The molecule has 0 atom stereocenters. The van der Waals surface area contributed by atoms with Crippen LogP contribution in [0.2, 0.25) is 0 Å². The molecule has 0 bridgehead atoms. The standard InChI is InChI=1S/C16H20N2O2/c1-5-12-8-11(6-7-14(12)20-4)9-13-16(19)18-15(17-13)10(2)3/h6-10H,5H2,1-4H3,(H,17,18,19)/b13-9+. The smallest absolute Gasteiger partial charge is 0.275 e. The Morgan fingerprint density at radius 3 is 2.70 bits per heavy atom. The van der Waals surface area contributed by atoms with Crippen molar-refractivity contribution in [2.45, 2.75) is 27.2 Å². The average molecular weight is 272 g/mol. The lowest BCUT2D eigenvalue weighted by Gasteiger charge is -2.07. The lowest BCUT2D eigenvalue weighted by molar-refractivity contribution is -0.115. The van der Waals surface area contributed by atoms with Crippen LogP contribution in [-0.4, -0.2) is 18.9 Å². The average Bonchev–Trinajstić information content (AvgIpc) is 2.80. The molecule has 1 amide bonds. The van der Waals surface area contributed by atoms with Gasteiger partial charge in [0.1, 0.15) is 17.3 Å². The van der Waals surface area contributed by atoms with Crippen molar-refractivity contribution in [3.05, 3.63) is 35.0 Å². The molecule has 0 unspecified atom stereocenters. The second-order valence-corrected chi connectivity index (χ2v) is 5.06. The topological polar surface area (TPSA) is 50.7 Å². The molecule has 4 heteroatoms. The third kappa shape index (κ3) is 2.90. The van der Waals surface area contributed by atoms with E-state index >= 15 is 0 Å². The van der Waals surface area contributed by atoms with Gasteiger partial charge in [0.15, 0.2) is 0 Å². The van der Waals surface area contributed by atoms with Gasteiger partial charge >= 0.3 is 0 Å². The van der Waals surface area contributed by atoms with Gasteiger partial charge < -0.3 is 10.1 Å². The molecule has 0 saturated carbocycles. The first-order valence-electron chi connectivity index (χ1n) is 6.83. The molecule has 4 nitrogen and oxygen atoms in total. The third-order valence-corrected chi connectivity index (χ3v) is 3.25. The molecule has 1 aromatic rings. The minimum atomic E-state index is -0.137. The number of aryl methyl sites for hydroxylation is 1. The molecular weight excluding hydrogens is 252 g/mol. The monoisotopic (exact) mass is 272 g/mol. The van der Waals surface area contributed by atoms with Gasteiger partial charge in [-0.2, -0.15) is 0 Å². The summed E-state index contributed by atoms with van der Waals surface area (Å²) in [7, 11) is 1.66. The Balaban J connectivity index is 2.33. The van der Waals surface area contributed by atoms with Crippen molar-refractivity contribution in [2.24, 2.45) is 10.9 Å². The molecule has 0 radical (unpaired) electrons. The number of carbonyl (C=O) groups excluding carboxylic acids is 1. The van der Waals surface area contributed by atoms with Gasteiger partial charge in [0.25, 0.3) is 5.91 Å². The van der Waals surface area contributed by atoms with E-state index in [1.807, 2.05) is 38.1 Å². The molecule has 2 rings (SSSR count). The van der Waals surface area contributed by atoms with Crippen molar-refractivity contribution < 1.29 is 9.53 Å². The van der Waals surface area contributed by atoms with Crippen molar-refractivity contribution in [2.75, 3.05) is 7.11 Å². The summed E-state index contributed by atoms with van der Waals surface area (Å²) in [5, 5.41) is 2.79. The predicted octanol–water partition coefficient (Wildman–Crippen LogP) is 2.78. The number of methoxy groups -OCH3 is 1. The van der Waals surface area contributed by atoms with Gasteiger partial charge in [0.2, 0.25) is 0 Å². The van der Waals surface area contributed by atoms with Gasteiger partial charge in [0.05, 0.1) is 7.11 Å². The van der Waals surface area contributed by atoms with Crippen LogP contribution in [0.1, 0.15) is 31.9 Å². The largest absolute Gasteiger partial charge is 0.496 e. The Hall–Kier alpha value is -2.10. The Morgan fingerprint density at radius 2 is 2.15 bits per heavy atom. The normalized spacial score (nSPS) is 16.6. The van der Waals surface area contributed by atoms with Crippen molar-refractivity contribution in [1.29, 1.82) is 0 Å². The molecule has 20 heavy (non-hydrogen) atoms. The number of nitrogens with one attached hydrogen (secondary N) is 1. The molecule has 0 spiro atoms. The highest BCUT2D eigenvalue weighted by atomic mass is 16.5. The Bertz CT molecular complexity index is 586. The maximum Gasteiger partial charge on any atom is 0.275 e. The van der Waals surface area contributed by atoms with Crippen LogP contribution in [0.4, 0.5) is 0 Å². The number of ether oxygens (including phenoxy) is 1. The molecular formula is C16H20N2O2. The van der Waals surface area contributed by atoms with Crippen LogP contribution in [0.5, 0.6) is 5.75 Å². The SMILES string of the molecule is CCc1cc(/C=C2/N=C(C(C)C)NC2=O)ccc1OC. The van der Waals surface area contributed by atoms with Crippen LogP contribution < -0.4 is 10.1 Å². The summed E-state index contributed by atoms with van der Waals surface area (Å²) in [5.74, 6) is 1.68. The van der Waals surface area contributed by atoms with Gasteiger partial charge in [-0.3, -0.25) is 4.79 Å². The number of rotatable bonds is 4. The Kier molecular flexibility index (Phi) is 4.23. The molecule has 1 heterocycles. The summed E-state index contributed by atoms with van der Waals surface area (Å²) in [5.41, 5.74) is 2.54. The van der Waals surface area contributed by atoms with Crippen LogP contribution in [-0.2, 0) is 11.2 Å². The maximum atomic E-state index is 11.9. The van der Waals surface area contributed by atoms with E-state index in [0.29, 0.717) is 5.70 Å². The molecule has 106 valence electrons. The van der Waals surface area contributed by atoms with E-state index in [4.69, 9.17) is 4.74 Å². The zero-order valence-corrected chi connectivity index (χ0v) is 12.4. The lowest BCUT2D eigenvalue weighted by atomic mass is 10.1. The zero-order valence-electron chi connectivity index (χ0n) is 12.4. The quantitative estimate of drug-likeness (QED) is 0.857. The Labute approximate surface area is 119 Å². The summed E-state index contributed by atoms with van der Waals surface area (Å²) in [6.07, 6.45) is 2.69. The van der Waals surface area contributed by atoms with Gasteiger partial charge in [-0.15, -0.1) is 0 Å². The number of nitrogens with zero attached hydrogens (tertiary/aromatic N) is 1.